The summed E-state index contributed by atoms with van der Waals surface area (Å²) < 4.78 is 5.48. The second-order valence-electron chi connectivity index (χ2n) is 7.99. The first-order chi connectivity index (χ1) is 15.5. The number of thiophene rings is 1. The first kappa shape index (κ1) is 22.2. The Morgan fingerprint density at radius 1 is 1.09 bits per heavy atom. The van der Waals surface area contributed by atoms with Crippen molar-refractivity contribution in [3.8, 4) is 16.9 Å². The Bertz CT molecular complexity index is 1250. The van der Waals surface area contributed by atoms with Gasteiger partial charge in [-0.3, -0.25) is 9.69 Å². The predicted molar refractivity (Wildman–Crippen MR) is 129 cm³/mol. The summed E-state index contributed by atoms with van der Waals surface area (Å²) in [5.41, 5.74) is 2.40. The molecule has 2 aromatic carbocycles. The number of hydrogen-bond acceptors (Lipinski definition) is 6. The topological polar surface area (TPSA) is 78.5 Å². The van der Waals surface area contributed by atoms with Crippen molar-refractivity contribution in [1.82, 2.24) is 14.9 Å². The van der Waals surface area contributed by atoms with E-state index in [1.165, 1.54) is 11.3 Å². The molecule has 0 radical (unpaired) electrons. The average Bonchev–Trinajstić information content (AvgIpc) is 3.23. The van der Waals surface area contributed by atoms with Crippen molar-refractivity contribution in [2.75, 3.05) is 13.7 Å². The summed E-state index contributed by atoms with van der Waals surface area (Å²) in [5.74, 6) is 1.31. The molecule has 32 heavy (non-hydrogen) atoms. The highest BCUT2D eigenvalue weighted by Crippen LogP contribution is 2.36. The lowest BCUT2D eigenvalue weighted by Crippen LogP contribution is -2.35. The van der Waals surface area contributed by atoms with Crippen molar-refractivity contribution >= 4 is 21.6 Å². The van der Waals surface area contributed by atoms with Gasteiger partial charge >= 0.3 is 0 Å². The maximum atomic E-state index is 13.1. The molecule has 2 aromatic heterocycles. The van der Waals surface area contributed by atoms with Crippen LogP contribution in [0.5, 0.6) is 5.75 Å². The molecule has 7 heteroatoms. The van der Waals surface area contributed by atoms with E-state index in [-0.39, 0.29) is 11.6 Å². The Morgan fingerprint density at radius 3 is 2.53 bits per heavy atom. The zero-order chi connectivity index (χ0) is 22.7. The van der Waals surface area contributed by atoms with Crippen molar-refractivity contribution in [1.29, 1.82) is 0 Å². The summed E-state index contributed by atoms with van der Waals surface area (Å²) in [7, 11) is 1.62. The number of nitrogens with one attached hydrogen (secondary N) is 1. The molecule has 1 unspecified atom stereocenters. The van der Waals surface area contributed by atoms with E-state index in [1.54, 1.807) is 7.11 Å². The number of aromatic amines is 1. The Kier molecular flexibility index (Phi) is 6.69. The van der Waals surface area contributed by atoms with Crippen LogP contribution in [0.2, 0.25) is 0 Å². The summed E-state index contributed by atoms with van der Waals surface area (Å²) in [6.07, 6.45) is -0.618. The molecular weight excluding hydrogens is 422 g/mol. The van der Waals surface area contributed by atoms with Crippen LogP contribution in [0.15, 0.2) is 64.8 Å². The first-order valence-electron chi connectivity index (χ1n) is 10.6. The maximum Gasteiger partial charge on any atom is 0.260 e. The van der Waals surface area contributed by atoms with E-state index in [4.69, 9.17) is 9.72 Å². The van der Waals surface area contributed by atoms with Crippen LogP contribution in [0, 0.1) is 0 Å². The number of ether oxygens (including phenoxy) is 1. The number of para-hydroxylation sites is 1. The minimum Gasteiger partial charge on any atom is -0.496 e. The van der Waals surface area contributed by atoms with Gasteiger partial charge in [0.2, 0.25) is 0 Å². The van der Waals surface area contributed by atoms with Gasteiger partial charge in [0.25, 0.3) is 5.56 Å². The van der Waals surface area contributed by atoms with Gasteiger partial charge in [-0.2, -0.15) is 0 Å². The van der Waals surface area contributed by atoms with Crippen molar-refractivity contribution in [3.63, 3.8) is 0 Å². The number of H-pyrrole nitrogens is 1. The minimum atomic E-state index is -0.618. The molecule has 166 valence electrons. The van der Waals surface area contributed by atoms with Crippen molar-refractivity contribution in [3.05, 3.63) is 81.7 Å². The first-order valence-corrected chi connectivity index (χ1v) is 11.5. The molecule has 0 saturated carbocycles. The van der Waals surface area contributed by atoms with Crippen LogP contribution >= 0.6 is 11.3 Å². The number of aromatic nitrogens is 2. The molecule has 0 bridgehead atoms. The van der Waals surface area contributed by atoms with Gasteiger partial charge in [-0.05, 0) is 25.5 Å². The molecule has 0 aliphatic carbocycles. The molecule has 0 fully saturated rings. The van der Waals surface area contributed by atoms with Crippen molar-refractivity contribution < 1.29 is 9.84 Å². The van der Waals surface area contributed by atoms with Crippen LogP contribution in [-0.4, -0.2) is 39.7 Å². The van der Waals surface area contributed by atoms with Gasteiger partial charge in [-0.1, -0.05) is 48.5 Å². The standard InChI is InChI=1S/C25H27N3O3S/c1-16(2)28(13-20(29)17-9-5-4-6-10-17)14-22-26-24(30)23-19(15-32-25(23)27-22)18-11-7-8-12-21(18)31-3/h4-12,15-16,20,29H,13-14H2,1-3H3,(H,26,27,30). The molecule has 4 aromatic rings. The molecule has 2 N–H and O–H groups in total. The fraction of sp³-hybridized carbons (Fsp3) is 0.280. The molecule has 0 aliphatic heterocycles. The predicted octanol–water partition coefficient (Wildman–Crippen LogP) is 4.60. The lowest BCUT2D eigenvalue weighted by atomic mass is 10.1. The lowest BCUT2D eigenvalue weighted by molar-refractivity contribution is 0.0891. The fourth-order valence-electron chi connectivity index (χ4n) is 3.79. The second-order valence-corrected chi connectivity index (χ2v) is 8.85. The number of aliphatic hydroxyl groups excluding tert-OH is 1. The van der Waals surface area contributed by atoms with Gasteiger partial charge < -0.3 is 14.8 Å². The van der Waals surface area contributed by atoms with Gasteiger partial charge in [0.1, 0.15) is 16.4 Å². The SMILES string of the molecule is COc1ccccc1-c1csc2nc(CN(CC(O)c3ccccc3)C(C)C)[nH]c(=O)c12. The molecule has 6 nitrogen and oxygen atoms in total. The second kappa shape index (κ2) is 9.65. The third-order valence-electron chi connectivity index (χ3n) is 5.57. The highest BCUT2D eigenvalue weighted by molar-refractivity contribution is 7.17. The van der Waals surface area contributed by atoms with Crippen molar-refractivity contribution in [2.24, 2.45) is 0 Å². The average molecular weight is 450 g/mol. The Labute approximate surface area is 191 Å². The van der Waals surface area contributed by atoms with E-state index in [2.05, 4.69) is 23.7 Å². The molecular formula is C25H27N3O3S. The van der Waals surface area contributed by atoms with Crippen LogP contribution in [0.3, 0.4) is 0 Å². The largest absolute Gasteiger partial charge is 0.496 e. The van der Waals surface area contributed by atoms with Crippen LogP contribution in [-0.2, 0) is 6.54 Å². The smallest absolute Gasteiger partial charge is 0.260 e. The number of methoxy groups -OCH3 is 1. The van der Waals surface area contributed by atoms with Crippen LogP contribution in [0.25, 0.3) is 21.3 Å². The van der Waals surface area contributed by atoms with E-state index < -0.39 is 6.10 Å². The van der Waals surface area contributed by atoms with Gasteiger partial charge in [0.15, 0.2) is 0 Å². The Hall–Kier alpha value is -3.00. The summed E-state index contributed by atoms with van der Waals surface area (Å²) in [5, 5.41) is 13.2. The van der Waals surface area contributed by atoms with E-state index >= 15 is 0 Å². The Morgan fingerprint density at radius 2 is 1.81 bits per heavy atom. The van der Waals surface area contributed by atoms with Gasteiger partial charge in [-0.25, -0.2) is 4.98 Å². The number of aliphatic hydroxyl groups is 1. The van der Waals surface area contributed by atoms with E-state index in [0.29, 0.717) is 29.1 Å². The molecule has 4 rings (SSSR count). The molecule has 2 heterocycles. The van der Waals surface area contributed by atoms with E-state index in [9.17, 15) is 9.90 Å². The zero-order valence-electron chi connectivity index (χ0n) is 18.4. The molecule has 0 amide bonds. The van der Waals surface area contributed by atoms with Crippen LogP contribution in [0.4, 0.5) is 0 Å². The lowest BCUT2D eigenvalue weighted by Gasteiger charge is -2.28. The maximum absolute atomic E-state index is 13.1. The van der Waals surface area contributed by atoms with Gasteiger partial charge in [0, 0.05) is 29.1 Å². The number of fused-ring (bicyclic) bond motifs is 1. The fourth-order valence-corrected chi connectivity index (χ4v) is 4.74. The third kappa shape index (κ3) is 4.60. The number of benzene rings is 2. The van der Waals surface area contributed by atoms with Crippen LogP contribution < -0.4 is 10.3 Å². The minimum absolute atomic E-state index is 0.167. The number of nitrogens with zero attached hydrogens (tertiary/aromatic N) is 2. The summed E-state index contributed by atoms with van der Waals surface area (Å²) in [4.78, 5) is 23.5. The summed E-state index contributed by atoms with van der Waals surface area (Å²) >= 11 is 1.45. The van der Waals surface area contributed by atoms with Crippen LogP contribution in [0.1, 0.15) is 31.3 Å². The van der Waals surface area contributed by atoms with Crippen molar-refractivity contribution in [2.45, 2.75) is 32.5 Å². The van der Waals surface area contributed by atoms with Gasteiger partial charge in [0.05, 0.1) is 25.1 Å². The monoisotopic (exact) mass is 449 g/mol. The molecule has 1 atom stereocenters. The normalized spacial score (nSPS) is 12.6. The number of hydrogen-bond donors (Lipinski definition) is 2. The van der Waals surface area contributed by atoms with E-state index in [0.717, 1.165) is 22.4 Å². The molecule has 0 spiro atoms. The number of rotatable bonds is 8. The highest BCUT2D eigenvalue weighted by atomic mass is 32.1. The highest BCUT2D eigenvalue weighted by Gasteiger charge is 2.20. The summed E-state index contributed by atoms with van der Waals surface area (Å²) in [6, 6.07) is 17.4. The molecule has 0 saturated heterocycles. The summed E-state index contributed by atoms with van der Waals surface area (Å²) in [6.45, 7) is 5.02. The molecule has 0 aliphatic rings. The quantitative estimate of drug-likeness (QED) is 0.411. The van der Waals surface area contributed by atoms with E-state index in [1.807, 2.05) is 60.0 Å². The van der Waals surface area contributed by atoms with Gasteiger partial charge in [-0.15, -0.1) is 11.3 Å². The zero-order valence-corrected chi connectivity index (χ0v) is 19.2. The third-order valence-corrected chi connectivity index (χ3v) is 6.44. The Balaban J connectivity index is 1.63.